The Hall–Kier alpha value is -1.63. The minimum absolute atomic E-state index is 0.000316. The van der Waals surface area contributed by atoms with Crippen molar-refractivity contribution in [1.82, 2.24) is 15.5 Å². The number of nitrogens with two attached hydrogens (primary N) is 1. The first-order valence-corrected chi connectivity index (χ1v) is 10.6. The third kappa shape index (κ3) is 6.79. The van der Waals surface area contributed by atoms with Crippen LogP contribution in [0, 0.1) is 5.92 Å². The summed E-state index contributed by atoms with van der Waals surface area (Å²) in [6.45, 7) is 3.22. The largest absolute Gasteiger partial charge is 0.368 e. The van der Waals surface area contributed by atoms with Crippen molar-refractivity contribution >= 4 is 17.7 Å². The van der Waals surface area contributed by atoms with Crippen LogP contribution in [0.2, 0.25) is 0 Å². The number of primary amides is 1. The first-order chi connectivity index (χ1) is 13.0. The molecule has 1 aliphatic heterocycles. The summed E-state index contributed by atoms with van der Waals surface area (Å²) < 4.78 is 0. The van der Waals surface area contributed by atoms with Gasteiger partial charge in [0.05, 0.1) is 12.6 Å². The van der Waals surface area contributed by atoms with Gasteiger partial charge in [-0.2, -0.15) is 0 Å². The molecule has 0 spiro atoms. The van der Waals surface area contributed by atoms with Crippen LogP contribution in [-0.4, -0.2) is 54.3 Å². The van der Waals surface area contributed by atoms with Gasteiger partial charge in [0.15, 0.2) is 0 Å². The first-order valence-electron chi connectivity index (χ1n) is 10.6. The molecular formula is C20H36N4O3. The van der Waals surface area contributed by atoms with E-state index in [9.17, 15) is 14.4 Å². The zero-order chi connectivity index (χ0) is 19.6. The van der Waals surface area contributed by atoms with Crippen molar-refractivity contribution in [2.75, 3.05) is 19.6 Å². The Labute approximate surface area is 162 Å². The molecule has 3 amide bonds. The molecule has 1 heterocycles. The molecule has 2 rings (SSSR count). The number of hydrogen-bond acceptors (Lipinski definition) is 4. The van der Waals surface area contributed by atoms with Crippen molar-refractivity contribution in [2.24, 2.45) is 11.7 Å². The molecular weight excluding hydrogens is 344 g/mol. The van der Waals surface area contributed by atoms with Crippen molar-refractivity contribution in [3.63, 3.8) is 0 Å². The fraction of sp³-hybridized carbons (Fsp3) is 0.850. The molecule has 2 aliphatic rings. The summed E-state index contributed by atoms with van der Waals surface area (Å²) in [6.07, 6.45) is 11.3. The summed E-state index contributed by atoms with van der Waals surface area (Å²) in [5.41, 5.74) is 5.10. The third-order valence-corrected chi connectivity index (χ3v) is 5.82. The molecule has 1 saturated heterocycles. The highest BCUT2D eigenvalue weighted by atomic mass is 16.2. The average molecular weight is 381 g/mol. The second-order valence-electron chi connectivity index (χ2n) is 7.96. The molecule has 0 radical (unpaired) electrons. The van der Waals surface area contributed by atoms with E-state index in [0.29, 0.717) is 13.0 Å². The normalized spacial score (nSPS) is 22.0. The standard InChI is InChI=1S/C20H36N4O3/c1-2-7-17(19(26)23-14-18(21)25)24-13-11-16(20(24)27)22-12-6-10-15-8-4-3-5-9-15/h15-17,22H,2-14H2,1H3,(H2,21,25)(H,23,26)/t16-,17+/m1/s1. The number of rotatable bonds is 11. The van der Waals surface area contributed by atoms with Gasteiger partial charge in [0, 0.05) is 6.54 Å². The summed E-state index contributed by atoms with van der Waals surface area (Å²) in [7, 11) is 0. The second kappa shape index (κ2) is 11.3. The lowest BCUT2D eigenvalue weighted by molar-refractivity contribution is -0.139. The van der Waals surface area contributed by atoms with E-state index in [1.807, 2.05) is 6.92 Å². The van der Waals surface area contributed by atoms with Gasteiger partial charge in [-0.1, -0.05) is 45.4 Å². The van der Waals surface area contributed by atoms with Gasteiger partial charge in [0.1, 0.15) is 6.04 Å². The average Bonchev–Trinajstić information content (AvgIpc) is 3.02. The fourth-order valence-corrected chi connectivity index (χ4v) is 4.34. The summed E-state index contributed by atoms with van der Waals surface area (Å²) >= 11 is 0. The molecule has 154 valence electrons. The minimum atomic E-state index is -0.580. The number of nitrogens with zero attached hydrogens (tertiary/aromatic N) is 1. The second-order valence-corrected chi connectivity index (χ2v) is 7.96. The maximum atomic E-state index is 12.8. The van der Waals surface area contributed by atoms with Crippen LogP contribution >= 0.6 is 0 Å². The number of hydrogen-bond donors (Lipinski definition) is 3. The molecule has 4 N–H and O–H groups in total. The van der Waals surface area contributed by atoms with Gasteiger partial charge >= 0.3 is 0 Å². The van der Waals surface area contributed by atoms with Gasteiger partial charge in [-0.25, -0.2) is 0 Å². The number of likely N-dealkylation sites (tertiary alicyclic amines) is 1. The molecule has 0 aromatic carbocycles. The Balaban J connectivity index is 1.76. The van der Waals surface area contributed by atoms with Crippen molar-refractivity contribution in [1.29, 1.82) is 0 Å². The molecule has 0 aromatic rings. The monoisotopic (exact) mass is 380 g/mol. The molecule has 7 heteroatoms. The molecule has 1 aliphatic carbocycles. The van der Waals surface area contributed by atoms with E-state index < -0.39 is 11.9 Å². The van der Waals surface area contributed by atoms with E-state index >= 15 is 0 Å². The first kappa shape index (κ1) is 21.7. The Morgan fingerprint density at radius 1 is 1.22 bits per heavy atom. The molecule has 0 bridgehead atoms. The summed E-state index contributed by atoms with van der Waals surface area (Å²) in [4.78, 5) is 37.7. The lowest BCUT2D eigenvalue weighted by atomic mass is 9.86. The maximum absolute atomic E-state index is 12.8. The molecule has 2 fully saturated rings. The molecule has 0 unspecified atom stereocenters. The highest BCUT2D eigenvalue weighted by Gasteiger charge is 2.38. The highest BCUT2D eigenvalue weighted by molar-refractivity contribution is 5.92. The Morgan fingerprint density at radius 2 is 1.96 bits per heavy atom. The Morgan fingerprint density at radius 3 is 2.63 bits per heavy atom. The van der Waals surface area contributed by atoms with E-state index in [1.54, 1.807) is 4.90 Å². The van der Waals surface area contributed by atoms with Crippen LogP contribution in [-0.2, 0) is 14.4 Å². The van der Waals surface area contributed by atoms with Crippen LogP contribution in [0.15, 0.2) is 0 Å². The zero-order valence-corrected chi connectivity index (χ0v) is 16.7. The van der Waals surface area contributed by atoms with Gasteiger partial charge in [0.2, 0.25) is 17.7 Å². The van der Waals surface area contributed by atoms with Crippen molar-refractivity contribution < 1.29 is 14.4 Å². The lowest BCUT2D eigenvalue weighted by Crippen LogP contribution is -2.51. The van der Waals surface area contributed by atoms with Crippen molar-refractivity contribution in [2.45, 2.75) is 83.2 Å². The Bertz CT molecular complexity index is 505. The SMILES string of the molecule is CCC[C@@H](C(=O)NCC(N)=O)N1CC[C@@H](NCCCC2CCCCC2)C1=O. The van der Waals surface area contributed by atoms with Crippen LogP contribution in [0.5, 0.6) is 0 Å². The van der Waals surface area contributed by atoms with E-state index in [4.69, 9.17) is 5.73 Å². The van der Waals surface area contributed by atoms with Crippen molar-refractivity contribution in [3.8, 4) is 0 Å². The van der Waals surface area contributed by atoms with Crippen LogP contribution in [0.1, 0.15) is 71.1 Å². The quantitative estimate of drug-likeness (QED) is 0.470. The molecule has 7 nitrogen and oxygen atoms in total. The maximum Gasteiger partial charge on any atom is 0.243 e. The fourth-order valence-electron chi connectivity index (χ4n) is 4.34. The predicted molar refractivity (Wildman–Crippen MR) is 105 cm³/mol. The highest BCUT2D eigenvalue weighted by Crippen LogP contribution is 2.27. The lowest BCUT2D eigenvalue weighted by Gasteiger charge is -2.27. The summed E-state index contributed by atoms with van der Waals surface area (Å²) in [5.74, 6) is -0.00893. The van der Waals surface area contributed by atoms with Gasteiger partial charge in [0.25, 0.3) is 0 Å². The van der Waals surface area contributed by atoms with Gasteiger partial charge in [-0.15, -0.1) is 0 Å². The smallest absolute Gasteiger partial charge is 0.243 e. The topological polar surface area (TPSA) is 105 Å². The van der Waals surface area contributed by atoms with E-state index in [-0.39, 0.29) is 24.4 Å². The predicted octanol–water partition coefficient (Wildman–Crippen LogP) is 1.31. The minimum Gasteiger partial charge on any atom is -0.368 e. The van der Waals surface area contributed by atoms with Crippen LogP contribution in [0.25, 0.3) is 0 Å². The van der Waals surface area contributed by atoms with Gasteiger partial charge in [-0.3, -0.25) is 14.4 Å². The third-order valence-electron chi connectivity index (χ3n) is 5.82. The molecule has 0 aromatic heterocycles. The molecule has 27 heavy (non-hydrogen) atoms. The van der Waals surface area contributed by atoms with Gasteiger partial charge in [-0.05, 0) is 38.1 Å². The van der Waals surface area contributed by atoms with Crippen LogP contribution < -0.4 is 16.4 Å². The van der Waals surface area contributed by atoms with E-state index in [2.05, 4.69) is 10.6 Å². The Kier molecular flexibility index (Phi) is 9.04. The molecule has 2 atom stereocenters. The summed E-state index contributed by atoms with van der Waals surface area (Å²) in [5, 5.41) is 5.93. The van der Waals surface area contributed by atoms with E-state index in [0.717, 1.165) is 31.7 Å². The number of nitrogens with one attached hydrogen (secondary N) is 2. The number of amides is 3. The number of carbonyl (C=O) groups excluding carboxylic acids is 3. The summed E-state index contributed by atoms with van der Waals surface area (Å²) in [6, 6.07) is -0.712. The van der Waals surface area contributed by atoms with Crippen LogP contribution in [0.4, 0.5) is 0 Å². The van der Waals surface area contributed by atoms with Gasteiger partial charge < -0.3 is 21.3 Å². The molecule has 1 saturated carbocycles. The number of carbonyl (C=O) groups is 3. The van der Waals surface area contributed by atoms with Crippen LogP contribution in [0.3, 0.4) is 0 Å². The van der Waals surface area contributed by atoms with E-state index in [1.165, 1.54) is 38.5 Å². The van der Waals surface area contributed by atoms with Crippen molar-refractivity contribution in [3.05, 3.63) is 0 Å². The zero-order valence-electron chi connectivity index (χ0n) is 16.7.